The number of aromatic nitrogens is 2. The van der Waals surface area contributed by atoms with E-state index in [4.69, 9.17) is 4.98 Å². The van der Waals surface area contributed by atoms with Gasteiger partial charge in [-0.2, -0.15) is 0 Å². The van der Waals surface area contributed by atoms with Gasteiger partial charge >= 0.3 is 0 Å². The average molecular weight is 534 g/mol. The molecular weight excluding hydrogens is 498 g/mol. The fourth-order valence-electron chi connectivity index (χ4n) is 6.56. The quantitative estimate of drug-likeness (QED) is 0.216. The third-order valence-electron chi connectivity index (χ3n) is 9.27. The predicted molar refractivity (Wildman–Crippen MR) is 177 cm³/mol. The minimum Gasteiger partial charge on any atom is -0.373 e. The van der Waals surface area contributed by atoms with Crippen molar-refractivity contribution in [3.8, 4) is 16.8 Å². The molecule has 3 nitrogen and oxygen atoms in total. The van der Waals surface area contributed by atoms with Crippen LogP contribution in [0.1, 0.15) is 39.2 Å². The van der Waals surface area contributed by atoms with Crippen LogP contribution in [0, 0.1) is 0 Å². The van der Waals surface area contributed by atoms with Gasteiger partial charge in [0.05, 0.1) is 16.6 Å². The Morgan fingerprint density at radius 3 is 1.95 bits per heavy atom. The van der Waals surface area contributed by atoms with E-state index in [1.54, 1.807) is 0 Å². The van der Waals surface area contributed by atoms with Gasteiger partial charge in [0.2, 0.25) is 0 Å². The topological polar surface area (TPSA) is 29.9 Å². The highest BCUT2D eigenvalue weighted by molar-refractivity contribution is 6.13. The van der Waals surface area contributed by atoms with Gasteiger partial charge in [0.15, 0.2) is 0 Å². The van der Waals surface area contributed by atoms with Crippen LogP contribution in [0.5, 0.6) is 0 Å². The fraction of sp³-hybridized carbons (Fsp3) is 0.184. The zero-order chi connectivity index (χ0) is 28.1. The van der Waals surface area contributed by atoms with Crippen LogP contribution >= 0.6 is 0 Å². The predicted octanol–water partition coefficient (Wildman–Crippen LogP) is 10.3. The molecule has 0 atom stereocenters. The highest BCUT2D eigenvalue weighted by atomic mass is 15.0. The van der Waals surface area contributed by atoms with Crippen molar-refractivity contribution in [3.05, 3.63) is 115 Å². The molecule has 202 valence electrons. The van der Waals surface area contributed by atoms with Gasteiger partial charge in [-0.05, 0) is 82.8 Å². The second-order valence-electron chi connectivity index (χ2n) is 11.4. The summed E-state index contributed by atoms with van der Waals surface area (Å²) < 4.78 is 2.40. The van der Waals surface area contributed by atoms with Crippen molar-refractivity contribution in [2.24, 2.45) is 0 Å². The summed E-state index contributed by atoms with van der Waals surface area (Å²) >= 11 is 0. The van der Waals surface area contributed by atoms with Crippen molar-refractivity contribution in [1.82, 2.24) is 9.55 Å². The number of pyridine rings is 1. The van der Waals surface area contributed by atoms with Crippen LogP contribution in [0.4, 0.5) is 5.82 Å². The molecule has 0 spiro atoms. The van der Waals surface area contributed by atoms with Crippen molar-refractivity contribution in [2.75, 3.05) is 12.4 Å². The molecule has 41 heavy (non-hydrogen) atoms. The number of hydrogen-bond acceptors (Lipinski definition) is 2. The van der Waals surface area contributed by atoms with E-state index < -0.39 is 0 Å². The molecule has 0 saturated carbocycles. The van der Waals surface area contributed by atoms with Gasteiger partial charge < -0.3 is 9.88 Å². The molecule has 7 rings (SSSR count). The van der Waals surface area contributed by atoms with Gasteiger partial charge in [0.25, 0.3) is 0 Å². The Labute approximate surface area is 241 Å². The van der Waals surface area contributed by atoms with Gasteiger partial charge in [-0.1, -0.05) is 87.5 Å². The Kier molecular flexibility index (Phi) is 6.04. The Balaban J connectivity index is 1.53. The maximum absolute atomic E-state index is 5.06. The summed E-state index contributed by atoms with van der Waals surface area (Å²) in [6.07, 6.45) is 2.11. The molecule has 0 saturated heterocycles. The van der Waals surface area contributed by atoms with Crippen LogP contribution in [-0.4, -0.2) is 16.6 Å². The van der Waals surface area contributed by atoms with Crippen molar-refractivity contribution in [2.45, 2.75) is 39.0 Å². The highest BCUT2D eigenvalue weighted by Crippen LogP contribution is 2.43. The zero-order valence-corrected chi connectivity index (χ0v) is 24.2. The lowest BCUT2D eigenvalue weighted by atomic mass is 9.74. The number of rotatable bonds is 6. The molecule has 0 bridgehead atoms. The van der Waals surface area contributed by atoms with E-state index in [1.807, 2.05) is 7.05 Å². The normalized spacial score (nSPS) is 12.1. The number of para-hydroxylation sites is 3. The molecule has 2 aromatic heterocycles. The molecule has 0 aliphatic heterocycles. The number of nitrogens with one attached hydrogen (secondary N) is 1. The standard InChI is InChI=1S/C38H35N3/c1-5-38(3,6-2)32-24-26(23-31-28-16-7-10-19-33(28)40-37(39-4)36(31)32)25-14-13-15-27(22-25)41-34-20-11-8-17-29(34)30-18-9-12-21-35(30)41/h7-24H,5-6H2,1-4H3,(H,39,40). The SMILES string of the molecule is CCC(C)(CC)c1cc(-c2cccc(-n3c4ccccc4c4ccccc43)c2)cc2c1c(NC)nc1ccccc12. The molecule has 2 heterocycles. The first-order valence-corrected chi connectivity index (χ1v) is 14.7. The number of anilines is 1. The van der Waals surface area contributed by atoms with Crippen LogP contribution in [0.2, 0.25) is 0 Å². The summed E-state index contributed by atoms with van der Waals surface area (Å²) in [5.41, 5.74) is 8.48. The highest BCUT2D eigenvalue weighted by Gasteiger charge is 2.28. The lowest BCUT2D eigenvalue weighted by Crippen LogP contribution is -2.20. The summed E-state index contributed by atoms with van der Waals surface area (Å²) in [4.78, 5) is 5.06. The largest absolute Gasteiger partial charge is 0.373 e. The lowest BCUT2D eigenvalue weighted by molar-refractivity contribution is 0.443. The van der Waals surface area contributed by atoms with E-state index in [-0.39, 0.29) is 5.41 Å². The van der Waals surface area contributed by atoms with E-state index in [9.17, 15) is 0 Å². The molecule has 0 radical (unpaired) electrons. The number of nitrogens with zero attached hydrogens (tertiary/aromatic N) is 2. The zero-order valence-electron chi connectivity index (χ0n) is 24.2. The van der Waals surface area contributed by atoms with Crippen LogP contribution in [0.15, 0.2) is 109 Å². The average Bonchev–Trinajstić information content (AvgIpc) is 3.38. The van der Waals surface area contributed by atoms with E-state index in [0.29, 0.717) is 0 Å². The van der Waals surface area contributed by atoms with Crippen molar-refractivity contribution < 1.29 is 0 Å². The molecule has 0 amide bonds. The van der Waals surface area contributed by atoms with E-state index in [1.165, 1.54) is 60.3 Å². The molecule has 0 unspecified atom stereocenters. The Morgan fingerprint density at radius 2 is 1.29 bits per heavy atom. The van der Waals surface area contributed by atoms with Gasteiger partial charge in [-0.15, -0.1) is 0 Å². The van der Waals surface area contributed by atoms with Crippen molar-refractivity contribution in [1.29, 1.82) is 0 Å². The first-order chi connectivity index (χ1) is 20.1. The minimum absolute atomic E-state index is 0.0223. The third-order valence-corrected chi connectivity index (χ3v) is 9.27. The first kappa shape index (κ1) is 25.3. The summed E-state index contributed by atoms with van der Waals surface area (Å²) in [6.45, 7) is 7.01. The molecule has 0 fully saturated rings. The van der Waals surface area contributed by atoms with Crippen LogP contribution in [0.25, 0.3) is 60.3 Å². The first-order valence-electron chi connectivity index (χ1n) is 14.7. The van der Waals surface area contributed by atoms with E-state index in [2.05, 4.69) is 140 Å². The van der Waals surface area contributed by atoms with Crippen molar-refractivity contribution >= 4 is 49.3 Å². The monoisotopic (exact) mass is 533 g/mol. The lowest BCUT2D eigenvalue weighted by Gasteiger charge is -2.30. The number of benzene rings is 5. The minimum atomic E-state index is 0.0223. The molecule has 3 heteroatoms. The number of fused-ring (bicyclic) bond motifs is 6. The molecule has 0 aliphatic rings. The van der Waals surface area contributed by atoms with Gasteiger partial charge in [-0.3, -0.25) is 0 Å². The van der Waals surface area contributed by atoms with Crippen molar-refractivity contribution in [3.63, 3.8) is 0 Å². The second-order valence-corrected chi connectivity index (χ2v) is 11.4. The number of hydrogen-bond donors (Lipinski definition) is 1. The van der Waals surface area contributed by atoms with Crippen LogP contribution in [0.3, 0.4) is 0 Å². The molecule has 7 aromatic rings. The van der Waals surface area contributed by atoms with Gasteiger partial charge in [0, 0.05) is 34.3 Å². The fourth-order valence-corrected chi connectivity index (χ4v) is 6.56. The Morgan fingerprint density at radius 1 is 0.659 bits per heavy atom. The van der Waals surface area contributed by atoms with Crippen LogP contribution < -0.4 is 5.32 Å². The summed E-state index contributed by atoms with van der Waals surface area (Å²) in [5.74, 6) is 0.951. The summed E-state index contributed by atoms with van der Waals surface area (Å²) in [5, 5.41) is 9.67. The van der Waals surface area contributed by atoms with Crippen LogP contribution in [-0.2, 0) is 5.41 Å². The third kappa shape index (κ3) is 3.91. The van der Waals surface area contributed by atoms with Gasteiger partial charge in [0.1, 0.15) is 5.82 Å². The smallest absolute Gasteiger partial charge is 0.134 e. The van der Waals surface area contributed by atoms with E-state index >= 15 is 0 Å². The molecular formula is C38H35N3. The second kappa shape index (κ2) is 9.78. The summed E-state index contributed by atoms with van der Waals surface area (Å²) in [7, 11) is 1.98. The maximum Gasteiger partial charge on any atom is 0.134 e. The van der Waals surface area contributed by atoms with E-state index in [0.717, 1.165) is 24.2 Å². The molecule has 5 aromatic carbocycles. The Hall–Kier alpha value is -4.63. The van der Waals surface area contributed by atoms with Gasteiger partial charge in [-0.25, -0.2) is 4.98 Å². The Bertz CT molecular complexity index is 2020. The maximum atomic E-state index is 5.06. The molecule has 0 aliphatic carbocycles. The molecule has 1 N–H and O–H groups in total. The summed E-state index contributed by atoms with van der Waals surface area (Å²) in [6, 6.07) is 39.8.